The van der Waals surface area contributed by atoms with E-state index in [4.69, 9.17) is 11.1 Å². The van der Waals surface area contributed by atoms with Gasteiger partial charge in [-0.15, -0.1) is 0 Å². The molecule has 3 N–H and O–H groups in total. The first-order valence-corrected chi connectivity index (χ1v) is 9.11. The van der Waals surface area contributed by atoms with Crippen LogP contribution in [-0.4, -0.2) is 29.4 Å². The van der Waals surface area contributed by atoms with E-state index < -0.39 is 0 Å². The van der Waals surface area contributed by atoms with Crippen molar-refractivity contribution < 1.29 is 0 Å². The Morgan fingerprint density at radius 2 is 1.38 bits per heavy atom. The fraction of sp³-hybridized carbons (Fsp3) is 0.944. The van der Waals surface area contributed by atoms with Gasteiger partial charge in [0.05, 0.1) is 5.84 Å². The average molecular weight is 293 g/mol. The lowest BCUT2D eigenvalue weighted by Crippen LogP contribution is -2.47. The highest BCUT2D eigenvalue weighted by atomic mass is 15.2. The Hall–Kier alpha value is -0.570. The maximum absolute atomic E-state index is 7.79. The lowest BCUT2D eigenvalue weighted by atomic mass is 9.85. The van der Waals surface area contributed by atoms with Gasteiger partial charge in [0, 0.05) is 17.5 Å². The molecule has 3 nitrogen and oxygen atoms in total. The largest absolute Gasteiger partial charge is 0.387 e. The molecule has 0 aromatic carbocycles. The first-order chi connectivity index (χ1) is 10.0. The monoisotopic (exact) mass is 293 g/mol. The Kier molecular flexibility index (Phi) is 6.09. The van der Waals surface area contributed by atoms with Crippen molar-refractivity contribution >= 4 is 5.84 Å². The van der Waals surface area contributed by atoms with Crippen molar-refractivity contribution in [2.75, 3.05) is 6.54 Å². The van der Waals surface area contributed by atoms with Crippen LogP contribution in [-0.2, 0) is 0 Å². The maximum Gasteiger partial charge on any atom is 0.0963 e. The SMILES string of the molecule is CC(C)(CCN(C1CCCCC1)C1CCCCC1)C(=N)N. The van der Waals surface area contributed by atoms with Crippen molar-refractivity contribution in [3.63, 3.8) is 0 Å². The molecule has 0 atom stereocenters. The van der Waals surface area contributed by atoms with E-state index in [1.807, 2.05) is 0 Å². The van der Waals surface area contributed by atoms with Gasteiger partial charge >= 0.3 is 0 Å². The first kappa shape index (κ1) is 16.8. The Morgan fingerprint density at radius 1 is 0.952 bits per heavy atom. The molecule has 0 aromatic heterocycles. The van der Waals surface area contributed by atoms with Gasteiger partial charge in [0.2, 0.25) is 0 Å². The second-order valence-electron chi connectivity index (χ2n) is 7.87. The third-order valence-electron chi connectivity index (χ3n) is 5.81. The van der Waals surface area contributed by atoms with E-state index >= 15 is 0 Å². The van der Waals surface area contributed by atoms with Crippen molar-refractivity contribution in [1.29, 1.82) is 5.41 Å². The molecular formula is C18H35N3. The second-order valence-corrected chi connectivity index (χ2v) is 7.87. The fourth-order valence-corrected chi connectivity index (χ4v) is 4.03. The van der Waals surface area contributed by atoms with Crippen LogP contribution in [0.2, 0.25) is 0 Å². The van der Waals surface area contributed by atoms with Crippen molar-refractivity contribution in [3.8, 4) is 0 Å². The van der Waals surface area contributed by atoms with Gasteiger partial charge in [0.15, 0.2) is 0 Å². The zero-order valence-electron chi connectivity index (χ0n) is 14.2. The molecule has 0 aromatic rings. The molecule has 0 unspecified atom stereocenters. The minimum absolute atomic E-state index is 0.151. The van der Waals surface area contributed by atoms with E-state index in [1.165, 1.54) is 64.2 Å². The summed E-state index contributed by atoms with van der Waals surface area (Å²) < 4.78 is 0. The Labute approximate surface area is 131 Å². The number of hydrogen-bond donors (Lipinski definition) is 2. The standard InChI is InChI=1S/C18H35N3/c1-18(2,17(19)20)13-14-21(15-9-5-3-6-10-15)16-11-7-4-8-12-16/h15-16H,3-14H2,1-2H3,(H3,19,20). The summed E-state index contributed by atoms with van der Waals surface area (Å²) in [6, 6.07) is 1.59. The number of nitrogens with one attached hydrogen (secondary N) is 1. The van der Waals surface area contributed by atoms with Gasteiger partial charge in [0.25, 0.3) is 0 Å². The van der Waals surface area contributed by atoms with Gasteiger partial charge in [-0.3, -0.25) is 10.3 Å². The molecule has 2 fully saturated rings. The number of nitrogens with two attached hydrogens (primary N) is 1. The Morgan fingerprint density at radius 3 is 1.76 bits per heavy atom. The fourth-order valence-electron chi connectivity index (χ4n) is 4.03. The van der Waals surface area contributed by atoms with Crippen LogP contribution in [0.15, 0.2) is 0 Å². The van der Waals surface area contributed by atoms with Crippen LogP contribution in [0.4, 0.5) is 0 Å². The summed E-state index contributed by atoms with van der Waals surface area (Å²) in [4.78, 5) is 2.82. The summed E-state index contributed by atoms with van der Waals surface area (Å²) in [6.45, 7) is 5.37. The minimum Gasteiger partial charge on any atom is -0.387 e. The average Bonchev–Trinajstić information content (AvgIpc) is 2.49. The molecule has 0 bridgehead atoms. The predicted octanol–water partition coefficient (Wildman–Crippen LogP) is 4.31. The van der Waals surface area contributed by atoms with Crippen LogP contribution < -0.4 is 5.73 Å². The topological polar surface area (TPSA) is 53.1 Å². The summed E-state index contributed by atoms with van der Waals surface area (Å²) in [5.41, 5.74) is 5.63. The molecule has 21 heavy (non-hydrogen) atoms. The highest BCUT2D eigenvalue weighted by Crippen LogP contribution is 2.32. The van der Waals surface area contributed by atoms with Crippen LogP contribution in [0.1, 0.15) is 84.5 Å². The molecule has 0 aliphatic heterocycles. The molecule has 0 spiro atoms. The van der Waals surface area contributed by atoms with Crippen LogP contribution in [0.25, 0.3) is 0 Å². The molecule has 2 aliphatic carbocycles. The van der Waals surface area contributed by atoms with E-state index in [1.54, 1.807) is 0 Å². The third-order valence-corrected chi connectivity index (χ3v) is 5.81. The molecular weight excluding hydrogens is 258 g/mol. The van der Waals surface area contributed by atoms with Gasteiger partial charge < -0.3 is 5.73 Å². The van der Waals surface area contributed by atoms with E-state index in [0.717, 1.165) is 25.0 Å². The molecule has 122 valence electrons. The summed E-state index contributed by atoms with van der Waals surface area (Å²) >= 11 is 0. The van der Waals surface area contributed by atoms with Crippen molar-refractivity contribution in [2.24, 2.45) is 11.1 Å². The second kappa shape index (κ2) is 7.62. The van der Waals surface area contributed by atoms with Gasteiger partial charge in [-0.2, -0.15) is 0 Å². The zero-order valence-corrected chi connectivity index (χ0v) is 14.2. The van der Waals surface area contributed by atoms with Crippen LogP contribution in [0, 0.1) is 10.8 Å². The summed E-state index contributed by atoms with van der Waals surface area (Å²) in [6.07, 6.45) is 15.0. The molecule has 3 heteroatoms. The van der Waals surface area contributed by atoms with E-state index in [-0.39, 0.29) is 5.41 Å². The molecule has 0 heterocycles. The quantitative estimate of drug-likeness (QED) is 0.566. The first-order valence-electron chi connectivity index (χ1n) is 9.11. The molecule has 0 radical (unpaired) electrons. The van der Waals surface area contributed by atoms with Crippen LogP contribution >= 0.6 is 0 Å². The summed E-state index contributed by atoms with van der Waals surface area (Å²) in [5, 5.41) is 7.79. The van der Waals surface area contributed by atoms with Crippen molar-refractivity contribution in [3.05, 3.63) is 0 Å². The molecule has 2 saturated carbocycles. The Bertz CT molecular complexity index is 307. The van der Waals surface area contributed by atoms with E-state index in [2.05, 4.69) is 18.7 Å². The molecule has 2 rings (SSSR count). The lowest BCUT2D eigenvalue weighted by Gasteiger charge is -2.43. The minimum atomic E-state index is -0.151. The smallest absolute Gasteiger partial charge is 0.0963 e. The number of amidine groups is 1. The highest BCUT2D eigenvalue weighted by Gasteiger charge is 2.31. The van der Waals surface area contributed by atoms with E-state index in [0.29, 0.717) is 5.84 Å². The molecule has 0 amide bonds. The van der Waals surface area contributed by atoms with Crippen molar-refractivity contribution in [2.45, 2.75) is 96.6 Å². The van der Waals surface area contributed by atoms with Gasteiger partial charge in [0.1, 0.15) is 0 Å². The van der Waals surface area contributed by atoms with Crippen LogP contribution in [0.5, 0.6) is 0 Å². The van der Waals surface area contributed by atoms with Gasteiger partial charge in [-0.1, -0.05) is 52.4 Å². The normalized spacial score (nSPS) is 22.6. The number of rotatable bonds is 6. The lowest BCUT2D eigenvalue weighted by molar-refractivity contribution is 0.0729. The molecule has 0 saturated heterocycles. The summed E-state index contributed by atoms with van der Waals surface area (Å²) in [7, 11) is 0. The van der Waals surface area contributed by atoms with E-state index in [9.17, 15) is 0 Å². The maximum atomic E-state index is 7.79. The van der Waals surface area contributed by atoms with Crippen LogP contribution in [0.3, 0.4) is 0 Å². The zero-order chi connectivity index (χ0) is 15.3. The number of hydrogen-bond acceptors (Lipinski definition) is 2. The predicted molar refractivity (Wildman–Crippen MR) is 90.8 cm³/mol. The third kappa shape index (κ3) is 4.70. The number of nitrogens with zero attached hydrogens (tertiary/aromatic N) is 1. The Balaban J connectivity index is 1.98. The molecule has 2 aliphatic rings. The van der Waals surface area contributed by atoms with Crippen molar-refractivity contribution in [1.82, 2.24) is 4.90 Å². The highest BCUT2D eigenvalue weighted by molar-refractivity contribution is 5.82. The van der Waals surface area contributed by atoms with Gasteiger partial charge in [-0.05, 0) is 38.6 Å². The summed E-state index contributed by atoms with van der Waals surface area (Å²) in [5.74, 6) is 0.342. The van der Waals surface area contributed by atoms with Gasteiger partial charge in [-0.25, -0.2) is 0 Å².